The highest BCUT2D eigenvalue weighted by atomic mass is 19.1. The molecule has 3 amide bonds. The standard InChI is InChI=1S/C33H43FN4O2/c1-2-3-4-5-6-9-19-35-33(40)38(26-27-15-17-29(34)18-16-27)25-22-36-20-23-37(24-21-36)32(39)31-14-10-12-28-11-7-8-13-30(28)31/h7-8,10-18H,2-6,9,19-26H2,1H3,(H,35,40). The van der Waals surface area contributed by atoms with Crippen LogP contribution in [0, 0.1) is 5.82 Å². The fourth-order valence-electron chi connectivity index (χ4n) is 5.29. The number of nitrogens with one attached hydrogen (secondary N) is 1. The fraction of sp³-hybridized carbons (Fsp3) is 0.455. The van der Waals surface area contributed by atoms with E-state index in [2.05, 4.69) is 17.1 Å². The zero-order valence-electron chi connectivity index (χ0n) is 23.8. The first-order chi connectivity index (χ1) is 19.5. The van der Waals surface area contributed by atoms with Crippen LogP contribution in [0.4, 0.5) is 9.18 Å². The number of unbranched alkanes of at least 4 members (excludes halogenated alkanes) is 5. The second-order valence-corrected chi connectivity index (χ2v) is 10.7. The van der Waals surface area contributed by atoms with E-state index in [4.69, 9.17) is 0 Å². The summed E-state index contributed by atoms with van der Waals surface area (Å²) in [4.78, 5) is 32.5. The third kappa shape index (κ3) is 8.52. The summed E-state index contributed by atoms with van der Waals surface area (Å²) < 4.78 is 13.4. The van der Waals surface area contributed by atoms with E-state index in [1.165, 1.54) is 37.8 Å². The predicted molar refractivity (Wildman–Crippen MR) is 160 cm³/mol. The minimum atomic E-state index is -0.279. The Morgan fingerprint density at radius 1 is 0.850 bits per heavy atom. The zero-order valence-corrected chi connectivity index (χ0v) is 23.8. The van der Waals surface area contributed by atoms with Crippen LogP contribution >= 0.6 is 0 Å². The molecule has 7 heteroatoms. The molecule has 0 aromatic heterocycles. The average Bonchev–Trinajstić information content (AvgIpc) is 2.99. The van der Waals surface area contributed by atoms with Crippen LogP contribution in [0.25, 0.3) is 10.8 Å². The summed E-state index contributed by atoms with van der Waals surface area (Å²) in [6.45, 7) is 7.44. The molecule has 1 aliphatic rings. The number of nitrogens with zero attached hydrogens (tertiary/aromatic N) is 3. The smallest absolute Gasteiger partial charge is 0.317 e. The number of fused-ring (bicyclic) bond motifs is 1. The van der Waals surface area contributed by atoms with Crippen LogP contribution in [0.15, 0.2) is 66.7 Å². The third-order valence-corrected chi connectivity index (χ3v) is 7.75. The predicted octanol–water partition coefficient (Wildman–Crippen LogP) is 6.31. The minimum Gasteiger partial charge on any atom is -0.338 e. The van der Waals surface area contributed by atoms with E-state index in [9.17, 15) is 14.0 Å². The van der Waals surface area contributed by atoms with Crippen molar-refractivity contribution in [3.63, 3.8) is 0 Å². The molecule has 0 radical (unpaired) electrons. The van der Waals surface area contributed by atoms with Gasteiger partial charge in [-0.05, 0) is 41.0 Å². The Labute approximate surface area is 238 Å². The highest BCUT2D eigenvalue weighted by Gasteiger charge is 2.24. The molecule has 1 N–H and O–H groups in total. The van der Waals surface area contributed by atoms with Gasteiger partial charge in [0.05, 0.1) is 0 Å². The Morgan fingerprint density at radius 3 is 2.33 bits per heavy atom. The number of hydrogen-bond acceptors (Lipinski definition) is 3. The van der Waals surface area contributed by atoms with Crippen molar-refractivity contribution < 1.29 is 14.0 Å². The van der Waals surface area contributed by atoms with Crippen LogP contribution in [-0.4, -0.2) is 72.5 Å². The Balaban J connectivity index is 1.28. The van der Waals surface area contributed by atoms with Gasteiger partial charge in [0.25, 0.3) is 5.91 Å². The number of rotatable bonds is 13. The number of piperazine rings is 1. The number of hydrogen-bond donors (Lipinski definition) is 1. The summed E-state index contributed by atoms with van der Waals surface area (Å²) >= 11 is 0. The van der Waals surface area contributed by atoms with Gasteiger partial charge in [0.2, 0.25) is 0 Å². The van der Waals surface area contributed by atoms with Gasteiger partial charge in [-0.2, -0.15) is 0 Å². The molecular weight excluding hydrogens is 503 g/mol. The van der Waals surface area contributed by atoms with Crippen LogP contribution in [0.3, 0.4) is 0 Å². The average molecular weight is 547 g/mol. The summed E-state index contributed by atoms with van der Waals surface area (Å²) in [6.07, 6.45) is 7.06. The van der Waals surface area contributed by atoms with Gasteiger partial charge in [-0.1, -0.05) is 87.6 Å². The maximum atomic E-state index is 13.4. The summed E-state index contributed by atoms with van der Waals surface area (Å²) in [5, 5.41) is 5.15. The van der Waals surface area contributed by atoms with Crippen molar-refractivity contribution in [3.8, 4) is 0 Å². The molecule has 4 rings (SSSR count). The largest absolute Gasteiger partial charge is 0.338 e. The van der Waals surface area contributed by atoms with Crippen molar-refractivity contribution in [1.29, 1.82) is 0 Å². The molecule has 40 heavy (non-hydrogen) atoms. The van der Waals surface area contributed by atoms with E-state index in [-0.39, 0.29) is 17.8 Å². The lowest BCUT2D eigenvalue weighted by molar-refractivity contribution is 0.0629. The molecule has 0 saturated carbocycles. The Bertz CT molecular complexity index is 1220. The number of carbonyl (C=O) groups excluding carboxylic acids is 2. The van der Waals surface area contributed by atoms with Gasteiger partial charge in [0.1, 0.15) is 5.82 Å². The maximum Gasteiger partial charge on any atom is 0.317 e. The summed E-state index contributed by atoms with van der Waals surface area (Å²) in [5.74, 6) is -0.206. The van der Waals surface area contributed by atoms with Crippen LogP contribution in [0.1, 0.15) is 61.4 Å². The Hall–Kier alpha value is -3.45. The van der Waals surface area contributed by atoms with Crippen LogP contribution in [0.5, 0.6) is 0 Å². The molecule has 214 valence electrons. The second kappa shape index (κ2) is 15.4. The molecule has 3 aromatic carbocycles. The quantitative estimate of drug-likeness (QED) is 0.256. The summed E-state index contributed by atoms with van der Waals surface area (Å²) in [6, 6.07) is 20.2. The molecule has 0 atom stereocenters. The zero-order chi connectivity index (χ0) is 28.2. The van der Waals surface area contributed by atoms with Crippen LogP contribution in [0.2, 0.25) is 0 Å². The van der Waals surface area contributed by atoms with Crippen molar-refractivity contribution in [2.24, 2.45) is 0 Å². The molecule has 1 heterocycles. The SMILES string of the molecule is CCCCCCCCNC(=O)N(CCN1CCN(C(=O)c2cccc3ccccc23)CC1)Cc1ccc(F)cc1. The summed E-state index contributed by atoms with van der Waals surface area (Å²) in [5.41, 5.74) is 1.65. The Kier molecular flexibility index (Phi) is 11.3. The van der Waals surface area contributed by atoms with Crippen molar-refractivity contribution in [2.75, 3.05) is 45.8 Å². The molecule has 1 fully saturated rings. The van der Waals surface area contributed by atoms with E-state index in [1.54, 1.807) is 12.1 Å². The fourth-order valence-corrected chi connectivity index (χ4v) is 5.29. The van der Waals surface area contributed by atoms with Crippen LogP contribution < -0.4 is 5.32 Å². The topological polar surface area (TPSA) is 55.9 Å². The van der Waals surface area contributed by atoms with E-state index in [0.29, 0.717) is 32.7 Å². The normalized spacial score (nSPS) is 13.9. The van der Waals surface area contributed by atoms with E-state index >= 15 is 0 Å². The van der Waals surface area contributed by atoms with Crippen molar-refractivity contribution >= 4 is 22.7 Å². The molecule has 1 saturated heterocycles. The van der Waals surface area contributed by atoms with Crippen molar-refractivity contribution in [2.45, 2.75) is 52.0 Å². The highest BCUT2D eigenvalue weighted by molar-refractivity contribution is 6.07. The number of amides is 3. The van der Waals surface area contributed by atoms with Gasteiger partial charge in [-0.25, -0.2) is 9.18 Å². The molecule has 0 spiro atoms. The molecule has 6 nitrogen and oxygen atoms in total. The van der Waals surface area contributed by atoms with Gasteiger partial charge >= 0.3 is 6.03 Å². The number of benzene rings is 3. The lowest BCUT2D eigenvalue weighted by Crippen LogP contribution is -2.51. The molecule has 3 aromatic rings. The molecule has 1 aliphatic heterocycles. The highest BCUT2D eigenvalue weighted by Crippen LogP contribution is 2.21. The third-order valence-electron chi connectivity index (χ3n) is 7.75. The monoisotopic (exact) mass is 546 g/mol. The number of carbonyl (C=O) groups is 2. The second-order valence-electron chi connectivity index (χ2n) is 10.7. The maximum absolute atomic E-state index is 13.4. The Morgan fingerprint density at radius 2 is 1.55 bits per heavy atom. The first-order valence-electron chi connectivity index (χ1n) is 14.8. The van der Waals surface area contributed by atoms with Gasteiger partial charge in [-0.3, -0.25) is 9.69 Å². The minimum absolute atomic E-state index is 0.0726. The van der Waals surface area contributed by atoms with Crippen molar-refractivity contribution in [1.82, 2.24) is 20.0 Å². The van der Waals surface area contributed by atoms with E-state index < -0.39 is 0 Å². The lowest BCUT2D eigenvalue weighted by Gasteiger charge is -2.36. The number of urea groups is 1. The van der Waals surface area contributed by atoms with Gasteiger partial charge in [0, 0.05) is 57.9 Å². The summed E-state index contributed by atoms with van der Waals surface area (Å²) in [7, 11) is 0. The van der Waals surface area contributed by atoms with E-state index in [0.717, 1.165) is 54.4 Å². The molecular formula is C33H43FN4O2. The number of halogens is 1. The molecule has 0 bridgehead atoms. The van der Waals surface area contributed by atoms with Crippen molar-refractivity contribution in [3.05, 3.63) is 83.7 Å². The van der Waals surface area contributed by atoms with Crippen LogP contribution in [-0.2, 0) is 6.54 Å². The first-order valence-corrected chi connectivity index (χ1v) is 14.8. The lowest BCUT2D eigenvalue weighted by atomic mass is 10.0. The van der Waals surface area contributed by atoms with E-state index in [1.807, 2.05) is 52.3 Å². The first kappa shape index (κ1) is 29.5. The van der Waals surface area contributed by atoms with Gasteiger partial charge < -0.3 is 15.1 Å². The molecule has 0 aliphatic carbocycles. The van der Waals surface area contributed by atoms with Gasteiger partial charge in [0.15, 0.2) is 0 Å². The molecule has 0 unspecified atom stereocenters. The van der Waals surface area contributed by atoms with Gasteiger partial charge in [-0.15, -0.1) is 0 Å².